The SMILES string of the molecule is C[C@@H]1CN[C@H](CO)CN1C(=O)OC(C)(C)C. The molecule has 0 aliphatic carbocycles. The van der Waals surface area contributed by atoms with E-state index in [-0.39, 0.29) is 24.8 Å². The smallest absolute Gasteiger partial charge is 0.410 e. The first-order chi connectivity index (χ1) is 7.33. The fourth-order valence-electron chi connectivity index (χ4n) is 1.63. The van der Waals surface area contributed by atoms with Crippen molar-refractivity contribution in [2.24, 2.45) is 0 Å². The number of rotatable bonds is 1. The van der Waals surface area contributed by atoms with E-state index in [1.807, 2.05) is 27.7 Å². The highest BCUT2D eigenvalue weighted by Crippen LogP contribution is 2.14. The van der Waals surface area contributed by atoms with Gasteiger partial charge in [0.1, 0.15) is 5.60 Å². The Bertz CT molecular complexity index is 250. The number of ether oxygens (including phenoxy) is 1. The lowest BCUT2D eigenvalue weighted by Gasteiger charge is -2.38. The summed E-state index contributed by atoms with van der Waals surface area (Å²) in [4.78, 5) is 13.5. The van der Waals surface area contributed by atoms with E-state index in [0.29, 0.717) is 13.1 Å². The van der Waals surface area contributed by atoms with Gasteiger partial charge in [-0.05, 0) is 27.7 Å². The molecule has 2 N–H and O–H groups in total. The maximum atomic E-state index is 11.9. The second-order valence-corrected chi connectivity index (χ2v) is 5.27. The van der Waals surface area contributed by atoms with Crippen LogP contribution in [-0.4, -0.2) is 53.5 Å². The molecule has 2 atom stereocenters. The Morgan fingerprint density at radius 3 is 2.69 bits per heavy atom. The van der Waals surface area contributed by atoms with Gasteiger partial charge in [-0.3, -0.25) is 0 Å². The highest BCUT2D eigenvalue weighted by atomic mass is 16.6. The van der Waals surface area contributed by atoms with E-state index in [2.05, 4.69) is 5.32 Å². The zero-order chi connectivity index (χ0) is 12.3. The van der Waals surface area contributed by atoms with Crippen LogP contribution < -0.4 is 5.32 Å². The first-order valence-electron chi connectivity index (χ1n) is 5.67. The summed E-state index contributed by atoms with van der Waals surface area (Å²) in [6, 6.07) is 0.0429. The molecular weight excluding hydrogens is 208 g/mol. The van der Waals surface area contributed by atoms with E-state index in [9.17, 15) is 4.79 Å². The molecule has 94 valence electrons. The number of hydrogen-bond acceptors (Lipinski definition) is 4. The van der Waals surface area contributed by atoms with Crippen LogP contribution in [0.3, 0.4) is 0 Å². The normalized spacial score (nSPS) is 26.7. The number of carbonyl (C=O) groups excluding carboxylic acids is 1. The van der Waals surface area contributed by atoms with Crippen molar-refractivity contribution in [1.29, 1.82) is 0 Å². The fraction of sp³-hybridized carbons (Fsp3) is 0.909. The quantitative estimate of drug-likeness (QED) is 0.691. The van der Waals surface area contributed by atoms with E-state index in [0.717, 1.165) is 0 Å². The predicted octanol–water partition coefficient (Wildman–Crippen LogP) is 0.576. The molecule has 1 heterocycles. The Morgan fingerprint density at radius 1 is 1.56 bits per heavy atom. The predicted molar refractivity (Wildman–Crippen MR) is 61.3 cm³/mol. The first-order valence-corrected chi connectivity index (χ1v) is 5.67. The molecule has 1 rings (SSSR count). The van der Waals surface area contributed by atoms with Gasteiger partial charge >= 0.3 is 6.09 Å². The third-order valence-electron chi connectivity index (χ3n) is 2.50. The van der Waals surface area contributed by atoms with Crippen LogP contribution in [0, 0.1) is 0 Å². The Kier molecular flexibility index (Phi) is 4.15. The van der Waals surface area contributed by atoms with Gasteiger partial charge in [-0.2, -0.15) is 0 Å². The molecule has 5 nitrogen and oxygen atoms in total. The molecule has 0 aromatic heterocycles. The largest absolute Gasteiger partial charge is 0.444 e. The number of nitrogens with zero attached hydrogens (tertiary/aromatic N) is 1. The van der Waals surface area contributed by atoms with Gasteiger partial charge in [-0.15, -0.1) is 0 Å². The van der Waals surface area contributed by atoms with Crippen LogP contribution in [0.1, 0.15) is 27.7 Å². The molecule has 0 aromatic rings. The molecule has 1 amide bonds. The average Bonchev–Trinajstić information content (AvgIpc) is 2.15. The molecule has 1 aliphatic rings. The van der Waals surface area contributed by atoms with Crippen LogP contribution in [0.25, 0.3) is 0 Å². The number of piperazine rings is 1. The monoisotopic (exact) mass is 230 g/mol. The molecule has 0 unspecified atom stereocenters. The van der Waals surface area contributed by atoms with Gasteiger partial charge < -0.3 is 20.1 Å². The van der Waals surface area contributed by atoms with E-state index in [1.165, 1.54) is 0 Å². The average molecular weight is 230 g/mol. The second-order valence-electron chi connectivity index (χ2n) is 5.27. The van der Waals surface area contributed by atoms with Crippen LogP contribution in [-0.2, 0) is 4.74 Å². The van der Waals surface area contributed by atoms with Gasteiger partial charge in [0.25, 0.3) is 0 Å². The standard InChI is InChI=1S/C11H22N2O3/c1-8-5-12-9(7-14)6-13(8)10(15)16-11(2,3)4/h8-9,12,14H,5-7H2,1-4H3/t8-,9+/m1/s1. The summed E-state index contributed by atoms with van der Waals surface area (Å²) in [5.41, 5.74) is -0.476. The molecule has 0 radical (unpaired) electrons. The van der Waals surface area contributed by atoms with Crippen molar-refractivity contribution in [2.45, 2.75) is 45.4 Å². The molecule has 1 fully saturated rings. The number of hydrogen-bond donors (Lipinski definition) is 2. The van der Waals surface area contributed by atoms with Crippen LogP contribution >= 0.6 is 0 Å². The minimum absolute atomic E-state index is 0.0337. The number of aliphatic hydroxyl groups excluding tert-OH is 1. The van der Waals surface area contributed by atoms with Gasteiger partial charge in [0.15, 0.2) is 0 Å². The highest BCUT2D eigenvalue weighted by molar-refractivity contribution is 5.68. The van der Waals surface area contributed by atoms with Crippen LogP contribution in [0.2, 0.25) is 0 Å². The summed E-state index contributed by atoms with van der Waals surface area (Å²) in [7, 11) is 0. The first kappa shape index (κ1) is 13.3. The van der Waals surface area contributed by atoms with Crippen molar-refractivity contribution < 1.29 is 14.6 Å². The number of nitrogens with one attached hydrogen (secondary N) is 1. The van der Waals surface area contributed by atoms with Gasteiger partial charge in [0, 0.05) is 25.2 Å². The Morgan fingerprint density at radius 2 is 2.19 bits per heavy atom. The third kappa shape index (κ3) is 3.64. The lowest BCUT2D eigenvalue weighted by molar-refractivity contribution is 0.00688. The molecule has 5 heteroatoms. The van der Waals surface area contributed by atoms with Crippen molar-refractivity contribution in [3.63, 3.8) is 0 Å². The van der Waals surface area contributed by atoms with Gasteiger partial charge in [-0.25, -0.2) is 4.79 Å². The van der Waals surface area contributed by atoms with Crippen LogP contribution in [0.4, 0.5) is 4.79 Å². The lowest BCUT2D eigenvalue weighted by Crippen LogP contribution is -2.59. The summed E-state index contributed by atoms with van der Waals surface area (Å²) in [6.07, 6.45) is -0.306. The minimum Gasteiger partial charge on any atom is -0.444 e. The summed E-state index contributed by atoms with van der Waals surface area (Å²) >= 11 is 0. The summed E-state index contributed by atoms with van der Waals surface area (Å²) < 4.78 is 5.32. The summed E-state index contributed by atoms with van der Waals surface area (Å²) in [6.45, 7) is 8.72. The van der Waals surface area contributed by atoms with E-state index >= 15 is 0 Å². The second kappa shape index (κ2) is 5.01. The van der Waals surface area contributed by atoms with Crippen LogP contribution in [0.5, 0.6) is 0 Å². The van der Waals surface area contributed by atoms with Crippen molar-refractivity contribution in [3.05, 3.63) is 0 Å². The summed E-state index contributed by atoms with van der Waals surface area (Å²) in [5.74, 6) is 0. The minimum atomic E-state index is -0.476. The Labute approximate surface area is 96.8 Å². The topological polar surface area (TPSA) is 61.8 Å². The maximum absolute atomic E-state index is 11.9. The van der Waals surface area contributed by atoms with Crippen molar-refractivity contribution in [2.75, 3.05) is 19.7 Å². The molecule has 16 heavy (non-hydrogen) atoms. The fourth-order valence-corrected chi connectivity index (χ4v) is 1.63. The molecular formula is C11H22N2O3. The van der Waals surface area contributed by atoms with Crippen molar-refractivity contribution in [1.82, 2.24) is 10.2 Å². The van der Waals surface area contributed by atoms with E-state index in [4.69, 9.17) is 9.84 Å². The van der Waals surface area contributed by atoms with Gasteiger partial charge in [-0.1, -0.05) is 0 Å². The Hall–Kier alpha value is -0.810. The number of amides is 1. The molecule has 1 aliphatic heterocycles. The van der Waals surface area contributed by atoms with Crippen LogP contribution in [0.15, 0.2) is 0 Å². The number of aliphatic hydroxyl groups is 1. The highest BCUT2D eigenvalue weighted by Gasteiger charge is 2.31. The molecule has 1 saturated heterocycles. The van der Waals surface area contributed by atoms with Crippen molar-refractivity contribution in [3.8, 4) is 0 Å². The lowest BCUT2D eigenvalue weighted by atomic mass is 10.1. The van der Waals surface area contributed by atoms with Gasteiger partial charge in [0.2, 0.25) is 0 Å². The molecule has 0 bridgehead atoms. The molecule has 0 saturated carbocycles. The third-order valence-corrected chi connectivity index (χ3v) is 2.50. The zero-order valence-electron chi connectivity index (χ0n) is 10.5. The van der Waals surface area contributed by atoms with Crippen molar-refractivity contribution >= 4 is 6.09 Å². The maximum Gasteiger partial charge on any atom is 0.410 e. The van der Waals surface area contributed by atoms with Gasteiger partial charge in [0.05, 0.1) is 6.61 Å². The van der Waals surface area contributed by atoms with E-state index < -0.39 is 5.60 Å². The number of carbonyl (C=O) groups is 1. The summed E-state index contributed by atoms with van der Waals surface area (Å²) in [5, 5.41) is 12.2. The molecule has 0 aromatic carbocycles. The zero-order valence-corrected chi connectivity index (χ0v) is 10.5. The van der Waals surface area contributed by atoms with E-state index in [1.54, 1.807) is 4.90 Å². The molecule has 0 spiro atoms. The Balaban J connectivity index is 2.59.